The van der Waals surface area contributed by atoms with Gasteiger partial charge >= 0.3 is 0 Å². The topological polar surface area (TPSA) is 135 Å². The quantitative estimate of drug-likeness (QED) is 0.293. The summed E-state index contributed by atoms with van der Waals surface area (Å²) in [4.78, 5) is 13.4. The van der Waals surface area contributed by atoms with Crippen molar-refractivity contribution in [3.8, 4) is 0 Å². The number of aliphatic hydroxyl groups excluding tert-OH is 1. The third-order valence-corrected chi connectivity index (χ3v) is 13.1. The van der Waals surface area contributed by atoms with Crippen molar-refractivity contribution < 1.29 is 25.0 Å². The molecule has 8 nitrogen and oxygen atoms in total. The highest BCUT2D eigenvalue weighted by atomic mass is 16.4. The number of carboxylic acid groups (broad SMARTS) is 1. The number of hydrogen-bond donors (Lipinski definition) is 6. The van der Waals surface area contributed by atoms with E-state index < -0.39 is 11.6 Å². The normalized spacial score (nSPS) is 44.7. The Labute approximate surface area is 270 Å². The molecule has 12 atom stereocenters. The van der Waals surface area contributed by atoms with Crippen molar-refractivity contribution in [3.05, 3.63) is 35.4 Å². The fourth-order valence-corrected chi connectivity index (χ4v) is 10.9. The lowest BCUT2D eigenvalue weighted by Crippen LogP contribution is -3.22. The summed E-state index contributed by atoms with van der Waals surface area (Å²) >= 11 is 0. The first-order valence-corrected chi connectivity index (χ1v) is 18.3. The van der Waals surface area contributed by atoms with Crippen LogP contribution in [-0.4, -0.2) is 70.8 Å². The van der Waals surface area contributed by atoms with Crippen molar-refractivity contribution in [2.24, 2.45) is 29.4 Å². The van der Waals surface area contributed by atoms with Crippen molar-refractivity contribution in [1.82, 2.24) is 10.6 Å². The van der Waals surface area contributed by atoms with Gasteiger partial charge in [-0.05, 0) is 94.1 Å². The van der Waals surface area contributed by atoms with Crippen molar-refractivity contribution in [2.45, 2.75) is 152 Å². The number of fused-ring (bicyclic) bond motifs is 9. The fourth-order valence-electron chi connectivity index (χ4n) is 10.9. The predicted molar refractivity (Wildman–Crippen MR) is 174 cm³/mol. The Bertz CT molecular complexity index is 1170. The van der Waals surface area contributed by atoms with Gasteiger partial charge in [0.1, 0.15) is 12.1 Å². The van der Waals surface area contributed by atoms with E-state index in [1.807, 2.05) is 0 Å². The monoisotopic (exact) mass is 624 g/mol. The van der Waals surface area contributed by atoms with Gasteiger partial charge in [-0.25, -0.2) is 0 Å². The van der Waals surface area contributed by atoms with Crippen molar-refractivity contribution in [3.63, 3.8) is 0 Å². The van der Waals surface area contributed by atoms with Crippen LogP contribution in [0.3, 0.4) is 0 Å². The van der Waals surface area contributed by atoms with E-state index in [4.69, 9.17) is 5.73 Å². The number of hydrogen-bond acceptors (Lipinski definition) is 7. The Morgan fingerprint density at radius 1 is 1.02 bits per heavy atom. The molecule has 4 heterocycles. The summed E-state index contributed by atoms with van der Waals surface area (Å²) in [6.07, 6.45) is 13.5. The summed E-state index contributed by atoms with van der Waals surface area (Å²) in [6.45, 7) is 5.84. The lowest BCUT2D eigenvalue weighted by molar-refractivity contribution is -0.967. The van der Waals surface area contributed by atoms with Gasteiger partial charge < -0.3 is 36.1 Å². The van der Waals surface area contributed by atoms with Crippen molar-refractivity contribution >= 4 is 5.97 Å². The highest BCUT2D eigenvalue weighted by Gasteiger charge is 2.51. The van der Waals surface area contributed by atoms with Gasteiger partial charge in [0.25, 0.3) is 0 Å². The molecule has 1 aromatic rings. The molecule has 8 heteroatoms. The Balaban J connectivity index is 1.25. The van der Waals surface area contributed by atoms with Gasteiger partial charge in [0, 0.05) is 49.3 Å². The summed E-state index contributed by atoms with van der Waals surface area (Å²) in [5, 5.41) is 41.0. The molecule has 252 valence electrons. The molecule has 5 aliphatic rings. The molecule has 45 heavy (non-hydrogen) atoms. The van der Waals surface area contributed by atoms with Crippen LogP contribution < -0.4 is 26.4 Å². The zero-order chi connectivity index (χ0) is 31.8. The molecule has 4 aliphatic heterocycles. The maximum atomic E-state index is 11.7. The molecule has 3 saturated heterocycles. The average molecular weight is 625 g/mol. The van der Waals surface area contributed by atoms with Gasteiger partial charge in [0.2, 0.25) is 0 Å². The summed E-state index contributed by atoms with van der Waals surface area (Å²) < 4.78 is 0. The third-order valence-electron chi connectivity index (χ3n) is 13.1. The van der Waals surface area contributed by atoms with E-state index >= 15 is 0 Å². The molecule has 4 bridgehead atoms. The fraction of sp³-hybridized carbons (Fsp3) is 0.811. The number of carbonyl (C=O) groups excluding carboxylic acids is 1. The van der Waals surface area contributed by atoms with Gasteiger partial charge in [0.05, 0.1) is 24.4 Å². The zero-order valence-corrected chi connectivity index (χ0v) is 27.8. The largest absolute Gasteiger partial charge is 0.550 e. The number of carbonyl (C=O) groups is 1. The first-order chi connectivity index (χ1) is 21.5. The number of benzene rings is 1. The maximum Gasteiger partial charge on any atom is 0.111 e. The number of nitrogens with two attached hydrogens (primary N) is 1. The Morgan fingerprint density at radius 3 is 2.62 bits per heavy atom. The molecular formula is C37H60N4O4. The van der Waals surface area contributed by atoms with Crippen LogP contribution in [0.4, 0.5) is 0 Å². The average Bonchev–Trinajstić information content (AvgIpc) is 2.97. The molecule has 7 N–H and O–H groups in total. The number of piperidine rings is 3. The van der Waals surface area contributed by atoms with Crippen LogP contribution in [0.15, 0.2) is 24.3 Å². The molecule has 0 radical (unpaired) electrons. The molecule has 1 saturated carbocycles. The van der Waals surface area contributed by atoms with Crippen LogP contribution in [0.2, 0.25) is 0 Å². The Kier molecular flexibility index (Phi) is 10.3. The van der Waals surface area contributed by atoms with Crippen LogP contribution in [0.1, 0.15) is 108 Å². The van der Waals surface area contributed by atoms with Crippen LogP contribution >= 0.6 is 0 Å². The first kappa shape index (κ1) is 33.4. The van der Waals surface area contributed by atoms with Crippen molar-refractivity contribution in [2.75, 3.05) is 13.1 Å². The number of rotatable bonds is 2. The summed E-state index contributed by atoms with van der Waals surface area (Å²) in [7, 11) is 0. The summed E-state index contributed by atoms with van der Waals surface area (Å²) in [6, 6.07) is 10.5. The van der Waals surface area contributed by atoms with E-state index in [1.165, 1.54) is 43.4 Å². The van der Waals surface area contributed by atoms with Gasteiger partial charge in [-0.2, -0.15) is 0 Å². The van der Waals surface area contributed by atoms with Crippen LogP contribution in [0.25, 0.3) is 0 Å². The number of carboxylic acids is 1. The number of β-amino-alcohol motifs (C(OH)–C–C–N with tert-alkyl or cyclic N) is 1. The predicted octanol–water partition coefficient (Wildman–Crippen LogP) is 1.45. The smallest absolute Gasteiger partial charge is 0.111 e. The van der Waals surface area contributed by atoms with Crippen molar-refractivity contribution in [1.29, 1.82) is 0 Å². The maximum absolute atomic E-state index is 11.7. The molecule has 6 rings (SSSR count). The molecular weight excluding hydrogens is 564 g/mol. The molecule has 0 aromatic heterocycles. The molecule has 1 aromatic carbocycles. The first-order valence-electron chi connectivity index (χ1n) is 18.3. The Hall–Kier alpha value is -1.55. The standard InChI is InChI=1S/C37H60N4O4/c1-24-33(42)13-12-32-30-11-10-27-9-4-3-5-15-37(45,22-35(43)44)23-39-36(2)20-28(40-34(38)21-36)18-25-7-6-8-26(17-25)19-31(27)29(30)14-16-41(24)32/h6-8,17,24,27-34,39-40,42,45H,3-5,9-16,18-23,38H2,1-2H3,(H,43,44)/t24-,27+,28-,29-,30-,31-,32-,33-,34+,36+,37-/m1/s1. The summed E-state index contributed by atoms with van der Waals surface area (Å²) in [5.74, 6) is 1.67. The van der Waals surface area contributed by atoms with E-state index in [-0.39, 0.29) is 36.8 Å². The molecule has 1 unspecified atom stereocenters. The Morgan fingerprint density at radius 2 is 1.82 bits per heavy atom. The van der Waals surface area contributed by atoms with E-state index in [0.29, 0.717) is 36.8 Å². The van der Waals surface area contributed by atoms with Gasteiger partial charge in [-0.1, -0.05) is 49.9 Å². The zero-order valence-electron chi connectivity index (χ0n) is 27.8. The molecule has 4 fully saturated rings. The van der Waals surface area contributed by atoms with Crippen LogP contribution in [0.5, 0.6) is 0 Å². The second-order valence-electron chi connectivity index (χ2n) is 16.4. The molecule has 0 spiro atoms. The van der Waals surface area contributed by atoms with Crippen LogP contribution in [0, 0.1) is 23.7 Å². The third kappa shape index (κ3) is 7.79. The van der Waals surface area contributed by atoms with Gasteiger partial charge in [0.15, 0.2) is 0 Å². The number of aliphatic hydroxyl groups is 2. The van der Waals surface area contributed by atoms with E-state index in [2.05, 4.69) is 48.7 Å². The SMILES string of the molecule is C[C@@H]1[C@H](O)CC[C@@H]2[C@@H]3CC[C@@H]4CCCCC[C@@](O)(CC(=O)[O-])CN[C@@]5(C)C[C@@H](Cc6cccc(c6)C[C@H]4[C@@H]3CC[NH+]12)N[C@H](N)C5. The molecule has 1 aliphatic carbocycles. The van der Waals surface area contributed by atoms with Crippen LogP contribution in [-0.2, 0) is 17.6 Å². The number of quaternary nitrogens is 1. The number of nitrogens with one attached hydrogen (secondary N) is 3. The second kappa shape index (κ2) is 13.9. The minimum Gasteiger partial charge on any atom is -0.550 e. The molecule has 0 amide bonds. The van der Waals surface area contributed by atoms with E-state index in [0.717, 1.165) is 63.2 Å². The van der Waals surface area contributed by atoms with Gasteiger partial charge in [-0.15, -0.1) is 0 Å². The minimum absolute atomic E-state index is 0.158. The lowest BCUT2D eigenvalue weighted by atomic mass is 9.58. The summed E-state index contributed by atoms with van der Waals surface area (Å²) in [5.41, 5.74) is 7.71. The highest BCUT2D eigenvalue weighted by Crippen LogP contribution is 2.47. The van der Waals surface area contributed by atoms with E-state index in [1.54, 1.807) is 4.90 Å². The second-order valence-corrected chi connectivity index (χ2v) is 16.4. The lowest BCUT2D eigenvalue weighted by Gasteiger charge is -2.54. The minimum atomic E-state index is -1.33. The van der Waals surface area contributed by atoms with Gasteiger partial charge in [-0.3, -0.25) is 5.32 Å². The highest BCUT2D eigenvalue weighted by molar-refractivity contribution is 5.65. The number of aliphatic carboxylic acids is 1. The van der Waals surface area contributed by atoms with E-state index in [9.17, 15) is 20.1 Å².